The lowest BCUT2D eigenvalue weighted by molar-refractivity contribution is -0.149. The van der Waals surface area contributed by atoms with Crippen LogP contribution in [-0.2, 0) is 9.53 Å². The van der Waals surface area contributed by atoms with Crippen molar-refractivity contribution in [3.63, 3.8) is 0 Å². The Morgan fingerprint density at radius 1 is 1.38 bits per heavy atom. The van der Waals surface area contributed by atoms with Crippen molar-refractivity contribution < 1.29 is 14.3 Å². The molecule has 114 valence electrons. The molecule has 0 spiro atoms. The normalized spacial score (nSPS) is 15.9. The summed E-state index contributed by atoms with van der Waals surface area (Å²) in [5, 5.41) is 0.440. The van der Waals surface area contributed by atoms with Crippen LogP contribution in [0.2, 0.25) is 5.02 Å². The molecule has 1 saturated heterocycles. The van der Waals surface area contributed by atoms with Gasteiger partial charge in [0.05, 0.1) is 23.1 Å². The fourth-order valence-electron chi connectivity index (χ4n) is 2.41. The van der Waals surface area contributed by atoms with Gasteiger partial charge in [0, 0.05) is 17.6 Å². The van der Waals surface area contributed by atoms with Gasteiger partial charge in [-0.15, -0.1) is 0 Å². The van der Waals surface area contributed by atoms with Gasteiger partial charge in [0.2, 0.25) is 0 Å². The summed E-state index contributed by atoms with van der Waals surface area (Å²) in [6.07, 6.45) is 1.27. The Kier molecular flexibility index (Phi) is 5.65. The number of ether oxygens (including phenoxy) is 1. The van der Waals surface area contributed by atoms with E-state index in [1.54, 1.807) is 30.0 Å². The summed E-state index contributed by atoms with van der Waals surface area (Å²) >= 11 is 9.43. The van der Waals surface area contributed by atoms with E-state index in [2.05, 4.69) is 15.9 Å². The molecule has 6 heteroatoms. The molecule has 0 aromatic heterocycles. The molecule has 0 atom stereocenters. The zero-order valence-electron chi connectivity index (χ0n) is 11.8. The molecule has 1 heterocycles. The number of likely N-dealkylation sites (tertiary alicyclic amines) is 1. The zero-order valence-corrected chi connectivity index (χ0v) is 14.1. The van der Waals surface area contributed by atoms with Crippen LogP contribution in [0.4, 0.5) is 0 Å². The van der Waals surface area contributed by atoms with Crippen molar-refractivity contribution in [1.29, 1.82) is 0 Å². The van der Waals surface area contributed by atoms with Crippen molar-refractivity contribution in [1.82, 2.24) is 4.90 Å². The molecular formula is C15H17BrClNO3. The number of carbonyl (C=O) groups is 2. The van der Waals surface area contributed by atoms with E-state index in [1.807, 2.05) is 0 Å². The summed E-state index contributed by atoms with van der Waals surface area (Å²) in [7, 11) is 0. The average Bonchev–Trinajstić information content (AvgIpc) is 2.49. The predicted molar refractivity (Wildman–Crippen MR) is 84.4 cm³/mol. The number of carbonyl (C=O) groups excluding carboxylic acids is 2. The molecule has 0 bridgehead atoms. The molecule has 1 aromatic carbocycles. The van der Waals surface area contributed by atoms with E-state index >= 15 is 0 Å². The van der Waals surface area contributed by atoms with Gasteiger partial charge in [-0.25, -0.2) is 0 Å². The second-order valence-electron chi connectivity index (χ2n) is 4.94. The van der Waals surface area contributed by atoms with E-state index in [0.29, 0.717) is 43.1 Å². The number of piperidine rings is 1. The van der Waals surface area contributed by atoms with Gasteiger partial charge in [0.15, 0.2) is 0 Å². The lowest BCUT2D eigenvalue weighted by Crippen LogP contribution is -2.40. The Morgan fingerprint density at radius 3 is 2.67 bits per heavy atom. The molecule has 2 rings (SSSR count). The van der Waals surface area contributed by atoms with E-state index in [4.69, 9.17) is 16.3 Å². The predicted octanol–water partition coefficient (Wildman–Crippen LogP) is 3.52. The monoisotopic (exact) mass is 373 g/mol. The lowest BCUT2D eigenvalue weighted by atomic mass is 9.96. The van der Waals surface area contributed by atoms with Gasteiger partial charge in [-0.2, -0.15) is 0 Å². The van der Waals surface area contributed by atoms with E-state index < -0.39 is 0 Å². The molecule has 0 radical (unpaired) electrons. The number of rotatable bonds is 3. The number of nitrogens with zero attached hydrogens (tertiary/aromatic N) is 1. The summed E-state index contributed by atoms with van der Waals surface area (Å²) < 4.78 is 5.84. The Morgan fingerprint density at radius 2 is 2.05 bits per heavy atom. The minimum atomic E-state index is -0.162. The smallest absolute Gasteiger partial charge is 0.309 e. The minimum Gasteiger partial charge on any atom is -0.466 e. The van der Waals surface area contributed by atoms with Gasteiger partial charge >= 0.3 is 5.97 Å². The molecule has 0 saturated carbocycles. The van der Waals surface area contributed by atoms with Crippen molar-refractivity contribution >= 4 is 39.4 Å². The van der Waals surface area contributed by atoms with Crippen LogP contribution in [0.15, 0.2) is 22.7 Å². The molecule has 0 aliphatic carbocycles. The van der Waals surface area contributed by atoms with Crippen LogP contribution in [0.1, 0.15) is 30.1 Å². The second-order valence-corrected chi connectivity index (χ2v) is 6.27. The third kappa shape index (κ3) is 3.98. The summed E-state index contributed by atoms with van der Waals surface area (Å²) in [4.78, 5) is 25.9. The van der Waals surface area contributed by atoms with Crippen molar-refractivity contribution in [2.75, 3.05) is 19.7 Å². The lowest BCUT2D eigenvalue weighted by Gasteiger charge is -2.31. The largest absolute Gasteiger partial charge is 0.466 e. The van der Waals surface area contributed by atoms with Crippen LogP contribution in [0.3, 0.4) is 0 Å². The number of hydrogen-bond donors (Lipinski definition) is 0. The number of halogens is 2. The van der Waals surface area contributed by atoms with Gasteiger partial charge in [-0.3, -0.25) is 9.59 Å². The summed E-state index contributed by atoms with van der Waals surface area (Å²) in [5.74, 6) is -0.360. The molecule has 1 fully saturated rings. The first-order chi connectivity index (χ1) is 10.0. The number of hydrogen-bond acceptors (Lipinski definition) is 3. The van der Waals surface area contributed by atoms with Crippen LogP contribution < -0.4 is 0 Å². The number of amides is 1. The summed E-state index contributed by atoms with van der Waals surface area (Å²) in [6, 6.07) is 5.22. The van der Waals surface area contributed by atoms with Crippen molar-refractivity contribution in [2.45, 2.75) is 19.8 Å². The molecule has 1 aliphatic rings. The van der Waals surface area contributed by atoms with Gasteiger partial charge in [-0.05, 0) is 38.0 Å². The number of benzene rings is 1. The first kappa shape index (κ1) is 16.3. The molecule has 0 unspecified atom stereocenters. The Bertz CT molecular complexity index is 542. The molecule has 0 N–H and O–H groups in total. The van der Waals surface area contributed by atoms with Gasteiger partial charge in [0.1, 0.15) is 0 Å². The highest BCUT2D eigenvalue weighted by molar-refractivity contribution is 9.10. The van der Waals surface area contributed by atoms with Crippen LogP contribution >= 0.6 is 27.5 Å². The van der Waals surface area contributed by atoms with E-state index in [1.165, 1.54) is 0 Å². The van der Waals surface area contributed by atoms with E-state index in [0.717, 1.165) is 4.47 Å². The van der Waals surface area contributed by atoms with Crippen LogP contribution in [0.5, 0.6) is 0 Å². The van der Waals surface area contributed by atoms with Gasteiger partial charge in [-0.1, -0.05) is 27.5 Å². The molecular weight excluding hydrogens is 358 g/mol. The minimum absolute atomic E-state index is 0.0939. The van der Waals surface area contributed by atoms with Crippen LogP contribution in [-0.4, -0.2) is 36.5 Å². The Balaban J connectivity index is 2.00. The zero-order chi connectivity index (χ0) is 15.4. The maximum atomic E-state index is 12.5. The fourth-order valence-corrected chi connectivity index (χ4v) is 2.97. The topological polar surface area (TPSA) is 46.6 Å². The molecule has 21 heavy (non-hydrogen) atoms. The maximum absolute atomic E-state index is 12.5. The first-order valence-electron chi connectivity index (χ1n) is 6.94. The molecule has 1 amide bonds. The standard InChI is InChI=1S/C15H17BrClNO3/c1-2-21-15(20)10-5-7-18(8-6-10)14(19)12-9-11(16)3-4-13(12)17/h3-4,9-10H,2,5-8H2,1H3. The van der Waals surface area contributed by atoms with Crippen molar-refractivity contribution in [3.05, 3.63) is 33.3 Å². The van der Waals surface area contributed by atoms with Crippen LogP contribution in [0.25, 0.3) is 0 Å². The maximum Gasteiger partial charge on any atom is 0.309 e. The van der Waals surface area contributed by atoms with E-state index in [-0.39, 0.29) is 17.8 Å². The SMILES string of the molecule is CCOC(=O)C1CCN(C(=O)c2cc(Br)ccc2Cl)CC1. The van der Waals surface area contributed by atoms with E-state index in [9.17, 15) is 9.59 Å². The van der Waals surface area contributed by atoms with Crippen molar-refractivity contribution in [2.24, 2.45) is 5.92 Å². The highest BCUT2D eigenvalue weighted by Crippen LogP contribution is 2.25. The molecule has 4 nitrogen and oxygen atoms in total. The molecule has 1 aliphatic heterocycles. The second kappa shape index (κ2) is 7.27. The quantitative estimate of drug-likeness (QED) is 0.761. The fraction of sp³-hybridized carbons (Fsp3) is 0.467. The average molecular weight is 375 g/mol. The van der Waals surface area contributed by atoms with Gasteiger partial charge in [0.25, 0.3) is 5.91 Å². The van der Waals surface area contributed by atoms with Gasteiger partial charge < -0.3 is 9.64 Å². The third-order valence-corrected chi connectivity index (χ3v) is 4.38. The number of esters is 1. The summed E-state index contributed by atoms with van der Waals surface area (Å²) in [5.41, 5.74) is 0.487. The highest BCUT2D eigenvalue weighted by atomic mass is 79.9. The third-order valence-electron chi connectivity index (χ3n) is 3.56. The van der Waals surface area contributed by atoms with Crippen molar-refractivity contribution in [3.8, 4) is 0 Å². The Hall–Kier alpha value is -1.07. The first-order valence-corrected chi connectivity index (χ1v) is 8.11. The highest BCUT2D eigenvalue weighted by Gasteiger charge is 2.29. The summed E-state index contributed by atoms with van der Waals surface area (Å²) in [6.45, 7) is 3.29. The molecule has 1 aromatic rings. The Labute approximate surface area is 137 Å². The van der Waals surface area contributed by atoms with Crippen LogP contribution in [0, 0.1) is 5.92 Å².